The number of nitrogens with zero attached hydrogens (tertiary/aromatic N) is 1. The van der Waals surface area contributed by atoms with Crippen molar-refractivity contribution in [1.82, 2.24) is 10.2 Å². The first-order chi connectivity index (χ1) is 16.4. The van der Waals surface area contributed by atoms with Gasteiger partial charge in [0.05, 0.1) is 5.92 Å². The molecule has 1 saturated heterocycles. The van der Waals surface area contributed by atoms with Gasteiger partial charge in [0, 0.05) is 31.2 Å². The number of anilines is 1. The average molecular weight is 460 g/mol. The Morgan fingerprint density at radius 2 is 1.76 bits per heavy atom. The molecule has 4 rings (SSSR count). The van der Waals surface area contributed by atoms with Gasteiger partial charge in [0.2, 0.25) is 5.91 Å². The van der Waals surface area contributed by atoms with Gasteiger partial charge in [0.15, 0.2) is 0 Å². The lowest BCUT2D eigenvalue weighted by Crippen LogP contribution is -2.49. The van der Waals surface area contributed by atoms with Crippen LogP contribution in [-0.4, -0.2) is 29.9 Å². The van der Waals surface area contributed by atoms with E-state index in [2.05, 4.69) is 10.6 Å². The van der Waals surface area contributed by atoms with Crippen LogP contribution in [0.1, 0.15) is 34.6 Å². The SMILES string of the molecule is Cc1cccc(CNC(=O)[C@H]2C[C@@H](c3ccc(F)c(C)c3)CN(C(=O)Nc3ccccc3)C2)c1. The minimum absolute atomic E-state index is 0.0655. The molecule has 34 heavy (non-hydrogen) atoms. The predicted molar refractivity (Wildman–Crippen MR) is 132 cm³/mol. The molecule has 2 N–H and O–H groups in total. The van der Waals surface area contributed by atoms with Crippen LogP contribution in [0.2, 0.25) is 0 Å². The maximum Gasteiger partial charge on any atom is 0.321 e. The highest BCUT2D eigenvalue weighted by molar-refractivity contribution is 5.90. The molecule has 1 fully saturated rings. The highest BCUT2D eigenvalue weighted by Crippen LogP contribution is 2.32. The van der Waals surface area contributed by atoms with Crippen molar-refractivity contribution in [3.05, 3.63) is 101 Å². The summed E-state index contributed by atoms with van der Waals surface area (Å²) >= 11 is 0. The quantitative estimate of drug-likeness (QED) is 0.537. The van der Waals surface area contributed by atoms with Crippen LogP contribution < -0.4 is 10.6 Å². The van der Waals surface area contributed by atoms with E-state index in [0.29, 0.717) is 37.3 Å². The number of piperidine rings is 1. The lowest BCUT2D eigenvalue weighted by Gasteiger charge is -2.37. The van der Waals surface area contributed by atoms with E-state index >= 15 is 0 Å². The van der Waals surface area contributed by atoms with Crippen LogP contribution in [0.4, 0.5) is 14.9 Å². The van der Waals surface area contributed by atoms with Crippen molar-refractivity contribution in [1.29, 1.82) is 0 Å². The molecule has 0 unspecified atom stereocenters. The van der Waals surface area contributed by atoms with Gasteiger partial charge >= 0.3 is 6.03 Å². The molecule has 176 valence electrons. The second-order valence-electron chi connectivity index (χ2n) is 9.05. The summed E-state index contributed by atoms with van der Waals surface area (Å²) in [5.74, 6) is -0.770. The van der Waals surface area contributed by atoms with Gasteiger partial charge in [-0.2, -0.15) is 0 Å². The van der Waals surface area contributed by atoms with Crippen molar-refractivity contribution < 1.29 is 14.0 Å². The Morgan fingerprint density at radius 1 is 0.971 bits per heavy atom. The number of para-hydroxylation sites is 1. The largest absolute Gasteiger partial charge is 0.352 e. The summed E-state index contributed by atoms with van der Waals surface area (Å²) in [6.07, 6.45) is 0.597. The second kappa shape index (κ2) is 10.5. The Balaban J connectivity index is 1.51. The molecule has 1 aliphatic rings. The predicted octanol–water partition coefficient (Wildman–Crippen LogP) is 5.40. The molecule has 2 atom stereocenters. The first-order valence-corrected chi connectivity index (χ1v) is 11.6. The lowest BCUT2D eigenvalue weighted by molar-refractivity contribution is -0.126. The topological polar surface area (TPSA) is 61.4 Å². The maximum absolute atomic E-state index is 13.9. The Bertz CT molecular complexity index is 1170. The highest BCUT2D eigenvalue weighted by Gasteiger charge is 2.34. The number of rotatable bonds is 5. The van der Waals surface area contributed by atoms with Crippen LogP contribution >= 0.6 is 0 Å². The summed E-state index contributed by atoms with van der Waals surface area (Å²) in [6, 6.07) is 22.1. The third kappa shape index (κ3) is 5.81. The van der Waals surface area contributed by atoms with E-state index in [-0.39, 0.29) is 29.6 Å². The Labute approximate surface area is 200 Å². The molecule has 0 radical (unpaired) electrons. The summed E-state index contributed by atoms with van der Waals surface area (Å²) in [7, 11) is 0. The van der Waals surface area contributed by atoms with Gasteiger partial charge in [-0.05, 0) is 55.2 Å². The third-order valence-electron chi connectivity index (χ3n) is 6.34. The number of halogens is 1. The van der Waals surface area contributed by atoms with E-state index in [1.54, 1.807) is 17.9 Å². The van der Waals surface area contributed by atoms with Crippen molar-refractivity contribution in [2.45, 2.75) is 32.7 Å². The minimum Gasteiger partial charge on any atom is -0.352 e. The number of amides is 3. The van der Waals surface area contributed by atoms with Gasteiger partial charge in [-0.3, -0.25) is 4.79 Å². The van der Waals surface area contributed by atoms with Crippen molar-refractivity contribution in [2.24, 2.45) is 5.92 Å². The minimum atomic E-state index is -0.365. The number of likely N-dealkylation sites (tertiary alicyclic amines) is 1. The summed E-state index contributed by atoms with van der Waals surface area (Å²) < 4.78 is 13.9. The Hall–Kier alpha value is -3.67. The van der Waals surface area contributed by atoms with Gasteiger partial charge < -0.3 is 15.5 Å². The zero-order valence-electron chi connectivity index (χ0n) is 19.6. The number of hydrogen-bond donors (Lipinski definition) is 2. The maximum atomic E-state index is 13.9. The fourth-order valence-corrected chi connectivity index (χ4v) is 4.50. The van der Waals surface area contributed by atoms with Gasteiger partial charge in [0.25, 0.3) is 0 Å². The van der Waals surface area contributed by atoms with Crippen LogP contribution in [-0.2, 0) is 11.3 Å². The van der Waals surface area contributed by atoms with Crippen LogP contribution in [0.5, 0.6) is 0 Å². The molecule has 0 saturated carbocycles. The fraction of sp³-hybridized carbons (Fsp3) is 0.286. The molecule has 0 aliphatic carbocycles. The van der Waals surface area contributed by atoms with Gasteiger partial charge in [-0.1, -0.05) is 60.2 Å². The summed E-state index contributed by atoms with van der Waals surface area (Å²) in [5.41, 5.74) is 4.37. The van der Waals surface area contributed by atoms with Gasteiger partial charge in [-0.25, -0.2) is 9.18 Å². The molecule has 3 amide bonds. The van der Waals surface area contributed by atoms with Crippen LogP contribution in [0.25, 0.3) is 0 Å². The van der Waals surface area contributed by atoms with Crippen molar-refractivity contribution in [3.63, 3.8) is 0 Å². The van der Waals surface area contributed by atoms with E-state index in [1.807, 2.05) is 67.6 Å². The van der Waals surface area contributed by atoms with Crippen LogP contribution in [0, 0.1) is 25.6 Å². The van der Waals surface area contributed by atoms with E-state index in [1.165, 1.54) is 6.07 Å². The number of benzene rings is 3. The molecular weight excluding hydrogens is 429 g/mol. The van der Waals surface area contributed by atoms with E-state index in [4.69, 9.17) is 0 Å². The standard InChI is InChI=1S/C28H30FN3O2/c1-19-7-6-8-21(13-19)16-30-27(33)24-15-23(22-11-12-26(29)20(2)14-22)17-32(18-24)28(34)31-25-9-4-3-5-10-25/h3-14,23-24H,15-18H2,1-2H3,(H,30,33)(H,31,34)/t23-,24+/m1/s1. The second-order valence-corrected chi connectivity index (χ2v) is 9.05. The molecule has 3 aromatic carbocycles. The molecule has 3 aromatic rings. The van der Waals surface area contributed by atoms with Crippen LogP contribution in [0.15, 0.2) is 72.8 Å². The monoisotopic (exact) mass is 459 g/mol. The van der Waals surface area contributed by atoms with E-state index < -0.39 is 0 Å². The van der Waals surface area contributed by atoms with Gasteiger partial charge in [-0.15, -0.1) is 0 Å². The first kappa shape index (κ1) is 23.5. The van der Waals surface area contributed by atoms with Crippen molar-refractivity contribution in [2.75, 3.05) is 18.4 Å². The molecule has 5 nitrogen and oxygen atoms in total. The summed E-state index contributed by atoms with van der Waals surface area (Å²) in [6.45, 7) is 4.98. The van der Waals surface area contributed by atoms with E-state index in [0.717, 1.165) is 16.7 Å². The number of hydrogen-bond acceptors (Lipinski definition) is 2. The molecule has 6 heteroatoms. The summed E-state index contributed by atoms with van der Waals surface area (Å²) in [5, 5.41) is 5.96. The van der Waals surface area contributed by atoms with E-state index in [9.17, 15) is 14.0 Å². The zero-order chi connectivity index (χ0) is 24.1. The Morgan fingerprint density at radius 3 is 2.50 bits per heavy atom. The zero-order valence-corrected chi connectivity index (χ0v) is 19.6. The third-order valence-corrected chi connectivity index (χ3v) is 6.34. The molecule has 0 spiro atoms. The molecule has 0 bridgehead atoms. The highest BCUT2D eigenvalue weighted by atomic mass is 19.1. The normalized spacial score (nSPS) is 17.8. The van der Waals surface area contributed by atoms with Crippen molar-refractivity contribution in [3.8, 4) is 0 Å². The average Bonchev–Trinajstić information content (AvgIpc) is 2.84. The van der Waals surface area contributed by atoms with Crippen LogP contribution in [0.3, 0.4) is 0 Å². The molecule has 1 aliphatic heterocycles. The fourth-order valence-electron chi connectivity index (χ4n) is 4.50. The molecule has 1 heterocycles. The van der Waals surface area contributed by atoms with Gasteiger partial charge in [0.1, 0.15) is 5.82 Å². The number of nitrogens with one attached hydrogen (secondary N) is 2. The smallest absolute Gasteiger partial charge is 0.321 e. The molecular formula is C28H30FN3O2. The Kier molecular flexibility index (Phi) is 7.26. The number of carbonyl (C=O) groups excluding carboxylic acids is 2. The number of aryl methyl sites for hydroxylation is 2. The first-order valence-electron chi connectivity index (χ1n) is 11.6. The number of urea groups is 1. The summed E-state index contributed by atoms with van der Waals surface area (Å²) in [4.78, 5) is 27.9. The van der Waals surface area contributed by atoms with Crippen molar-refractivity contribution >= 4 is 17.6 Å². The number of carbonyl (C=O) groups is 2. The molecule has 0 aromatic heterocycles. The lowest BCUT2D eigenvalue weighted by atomic mass is 9.83.